The molecule has 0 saturated carbocycles. The van der Waals surface area contributed by atoms with Gasteiger partial charge in [0.1, 0.15) is 11.9 Å². The van der Waals surface area contributed by atoms with Crippen LogP contribution in [0.2, 0.25) is 0 Å². The van der Waals surface area contributed by atoms with Crippen LogP contribution < -0.4 is 11.0 Å². The molecule has 0 atom stereocenters. The highest BCUT2D eigenvalue weighted by atomic mass is 19.2. The molecular formula is C17H19F3N4O3. The molecule has 10 heteroatoms. The highest BCUT2D eigenvalue weighted by molar-refractivity contribution is 5.68. The number of alkyl carbamates (subject to hydrolysis) is 1. The number of aromatic nitrogens is 3. The maximum atomic E-state index is 13.3. The Balaban J connectivity index is 2.08. The summed E-state index contributed by atoms with van der Waals surface area (Å²) < 4.78 is 46.4. The Morgan fingerprint density at radius 2 is 2.00 bits per heavy atom. The molecule has 0 radical (unpaired) electrons. The molecule has 1 amide bonds. The van der Waals surface area contributed by atoms with Gasteiger partial charge in [0, 0.05) is 12.6 Å². The Hall–Kier alpha value is -3.04. The van der Waals surface area contributed by atoms with Gasteiger partial charge in [-0.3, -0.25) is 0 Å². The number of halogens is 3. The number of carbonyl (C=O) groups excluding carboxylic acids is 1. The van der Waals surface area contributed by atoms with Gasteiger partial charge in [0.25, 0.3) is 0 Å². The molecule has 0 aliphatic carbocycles. The fourth-order valence-electron chi connectivity index (χ4n) is 2.08. The molecule has 1 N–H and O–H groups in total. The third-order valence-corrected chi connectivity index (χ3v) is 3.28. The zero-order valence-electron chi connectivity index (χ0n) is 15.0. The van der Waals surface area contributed by atoms with Gasteiger partial charge in [-0.15, -0.1) is 0 Å². The lowest BCUT2D eigenvalue weighted by Gasteiger charge is -2.19. The molecule has 27 heavy (non-hydrogen) atoms. The van der Waals surface area contributed by atoms with Gasteiger partial charge >= 0.3 is 11.8 Å². The van der Waals surface area contributed by atoms with Gasteiger partial charge in [-0.05, 0) is 38.5 Å². The summed E-state index contributed by atoms with van der Waals surface area (Å²) in [5.74, 6) is -2.16. The lowest BCUT2D eigenvalue weighted by molar-refractivity contribution is 0.0532. The van der Waals surface area contributed by atoms with Crippen molar-refractivity contribution in [2.45, 2.75) is 32.9 Å². The van der Waals surface area contributed by atoms with Crippen LogP contribution in [-0.4, -0.2) is 32.6 Å². The summed E-state index contributed by atoms with van der Waals surface area (Å²) in [6.07, 6.45) is 0.619. The summed E-state index contributed by atoms with van der Waals surface area (Å²) in [5, 5.41) is 6.19. The fraction of sp³-hybridized carbons (Fsp3) is 0.353. The summed E-state index contributed by atoms with van der Waals surface area (Å²) >= 11 is 0. The quantitative estimate of drug-likeness (QED) is 0.860. The van der Waals surface area contributed by atoms with Gasteiger partial charge in [-0.25, -0.2) is 32.0 Å². The molecule has 7 nitrogen and oxygen atoms in total. The van der Waals surface area contributed by atoms with Crippen LogP contribution in [0.1, 0.15) is 20.8 Å². The van der Waals surface area contributed by atoms with E-state index in [2.05, 4.69) is 10.4 Å². The van der Waals surface area contributed by atoms with Gasteiger partial charge in [0.05, 0.1) is 18.6 Å². The van der Waals surface area contributed by atoms with Crippen molar-refractivity contribution >= 4 is 6.09 Å². The molecule has 1 aromatic heterocycles. The van der Waals surface area contributed by atoms with Crippen LogP contribution in [0.4, 0.5) is 18.0 Å². The van der Waals surface area contributed by atoms with E-state index in [0.717, 1.165) is 27.7 Å². The number of ether oxygens (including phenoxy) is 1. The molecule has 2 rings (SSSR count). The lowest BCUT2D eigenvalue weighted by Crippen LogP contribution is -2.34. The van der Waals surface area contributed by atoms with E-state index in [1.807, 2.05) is 0 Å². The number of carbonyl (C=O) groups is 1. The standard InChI is InChI=1S/C17H19F3N4O3/c1-17(2,3)27-15(25)21-8-11(7-18)9-24-16(26)23(10-22-24)12-4-5-13(19)14(20)6-12/h4-7,10H,8-9H2,1-3H3,(H,21,25)/b11-7+. The number of hydrogen-bond acceptors (Lipinski definition) is 4. The molecule has 0 saturated heterocycles. The number of amides is 1. The van der Waals surface area contributed by atoms with Crippen molar-refractivity contribution in [1.29, 1.82) is 0 Å². The van der Waals surface area contributed by atoms with Crippen molar-refractivity contribution in [2.24, 2.45) is 0 Å². The summed E-state index contributed by atoms with van der Waals surface area (Å²) in [6, 6.07) is 2.94. The number of nitrogens with zero attached hydrogens (tertiary/aromatic N) is 3. The molecule has 0 spiro atoms. The molecule has 0 bridgehead atoms. The maximum Gasteiger partial charge on any atom is 0.407 e. The van der Waals surface area contributed by atoms with E-state index in [4.69, 9.17) is 4.74 Å². The summed E-state index contributed by atoms with van der Waals surface area (Å²) in [5.41, 5.74) is -1.26. The normalized spacial score (nSPS) is 12.1. The minimum absolute atomic E-state index is 0.0542. The molecule has 2 aromatic rings. The fourth-order valence-corrected chi connectivity index (χ4v) is 2.08. The predicted octanol–water partition coefficient (Wildman–Crippen LogP) is 2.69. The topological polar surface area (TPSA) is 78.2 Å². The number of rotatable bonds is 5. The second kappa shape index (κ2) is 8.11. The predicted molar refractivity (Wildman–Crippen MR) is 91.2 cm³/mol. The highest BCUT2D eigenvalue weighted by Crippen LogP contribution is 2.11. The van der Waals surface area contributed by atoms with Crippen LogP contribution in [0, 0.1) is 11.6 Å². The van der Waals surface area contributed by atoms with Crippen molar-refractivity contribution in [1.82, 2.24) is 19.7 Å². The zero-order chi connectivity index (χ0) is 20.2. The lowest BCUT2D eigenvalue weighted by atomic mass is 10.2. The van der Waals surface area contributed by atoms with E-state index in [9.17, 15) is 22.8 Å². The van der Waals surface area contributed by atoms with Crippen LogP contribution in [0.15, 0.2) is 41.2 Å². The average molecular weight is 384 g/mol. The molecule has 1 aromatic carbocycles. The molecule has 0 unspecified atom stereocenters. The Morgan fingerprint density at radius 3 is 2.59 bits per heavy atom. The molecular weight excluding hydrogens is 365 g/mol. The maximum absolute atomic E-state index is 13.3. The Labute approximate surface area is 153 Å². The second-order valence-corrected chi connectivity index (χ2v) is 6.66. The molecule has 1 heterocycles. The third kappa shape index (κ3) is 5.47. The molecule has 0 aliphatic rings. The number of hydrogen-bond donors (Lipinski definition) is 1. The van der Waals surface area contributed by atoms with Crippen molar-refractivity contribution in [3.05, 3.63) is 58.5 Å². The van der Waals surface area contributed by atoms with Crippen molar-refractivity contribution in [2.75, 3.05) is 6.54 Å². The SMILES string of the molecule is CC(C)(C)OC(=O)NC/C(=C\F)Cn1ncn(-c2ccc(F)c(F)c2)c1=O. The van der Waals surface area contributed by atoms with Gasteiger partial charge in [-0.2, -0.15) is 5.10 Å². The summed E-state index contributed by atoms with van der Waals surface area (Å²) in [7, 11) is 0. The van der Waals surface area contributed by atoms with Gasteiger partial charge in [0.15, 0.2) is 11.6 Å². The minimum atomic E-state index is -1.11. The second-order valence-electron chi connectivity index (χ2n) is 6.66. The van der Waals surface area contributed by atoms with Crippen LogP contribution >= 0.6 is 0 Å². The van der Waals surface area contributed by atoms with E-state index >= 15 is 0 Å². The zero-order valence-corrected chi connectivity index (χ0v) is 15.0. The Kier molecular flexibility index (Phi) is 6.09. The van der Waals surface area contributed by atoms with Crippen molar-refractivity contribution in [3.8, 4) is 5.69 Å². The van der Waals surface area contributed by atoms with Crippen LogP contribution in [0.5, 0.6) is 0 Å². The van der Waals surface area contributed by atoms with E-state index in [0.29, 0.717) is 0 Å². The van der Waals surface area contributed by atoms with E-state index in [1.54, 1.807) is 20.8 Å². The van der Waals surface area contributed by atoms with Gasteiger partial charge in [-0.1, -0.05) is 0 Å². The van der Waals surface area contributed by atoms with Crippen LogP contribution in [0.25, 0.3) is 5.69 Å². The largest absolute Gasteiger partial charge is 0.444 e. The molecule has 0 aliphatic heterocycles. The van der Waals surface area contributed by atoms with Crippen molar-refractivity contribution < 1.29 is 22.7 Å². The van der Waals surface area contributed by atoms with E-state index in [1.165, 1.54) is 6.07 Å². The minimum Gasteiger partial charge on any atom is -0.444 e. The monoisotopic (exact) mass is 384 g/mol. The number of benzene rings is 1. The van der Waals surface area contributed by atoms with E-state index < -0.39 is 29.0 Å². The average Bonchev–Trinajstić information content (AvgIpc) is 2.93. The smallest absolute Gasteiger partial charge is 0.407 e. The van der Waals surface area contributed by atoms with Gasteiger partial charge < -0.3 is 10.1 Å². The first kappa shape index (κ1) is 20.3. The molecule has 0 fully saturated rings. The van der Waals surface area contributed by atoms with Crippen molar-refractivity contribution in [3.63, 3.8) is 0 Å². The first-order chi connectivity index (χ1) is 12.6. The van der Waals surface area contributed by atoms with Crippen LogP contribution in [0.3, 0.4) is 0 Å². The highest BCUT2D eigenvalue weighted by Gasteiger charge is 2.17. The van der Waals surface area contributed by atoms with E-state index in [-0.39, 0.29) is 30.7 Å². The van der Waals surface area contributed by atoms with Crippen LogP contribution in [-0.2, 0) is 11.3 Å². The first-order valence-electron chi connectivity index (χ1n) is 7.95. The number of nitrogens with one attached hydrogen (secondary N) is 1. The first-order valence-corrected chi connectivity index (χ1v) is 7.95. The summed E-state index contributed by atoms with van der Waals surface area (Å²) in [6.45, 7) is 4.60. The Bertz CT molecular complexity index is 913. The molecule has 146 valence electrons. The summed E-state index contributed by atoms with van der Waals surface area (Å²) in [4.78, 5) is 23.9. The van der Waals surface area contributed by atoms with Gasteiger partial charge in [0.2, 0.25) is 0 Å². The Morgan fingerprint density at radius 1 is 1.30 bits per heavy atom. The third-order valence-electron chi connectivity index (χ3n) is 3.28.